The quantitative estimate of drug-likeness (QED) is 0.783. The van der Waals surface area contributed by atoms with E-state index in [1.54, 1.807) is 12.0 Å². The van der Waals surface area contributed by atoms with Crippen molar-refractivity contribution in [1.29, 1.82) is 0 Å². The summed E-state index contributed by atoms with van der Waals surface area (Å²) >= 11 is 0. The van der Waals surface area contributed by atoms with Gasteiger partial charge in [0, 0.05) is 43.9 Å². The van der Waals surface area contributed by atoms with Crippen LogP contribution in [-0.2, 0) is 11.3 Å². The number of rotatable bonds is 7. The van der Waals surface area contributed by atoms with Crippen LogP contribution in [0.1, 0.15) is 28.8 Å². The van der Waals surface area contributed by atoms with E-state index in [-0.39, 0.29) is 17.9 Å². The highest BCUT2D eigenvalue weighted by atomic mass is 16.5. The van der Waals surface area contributed by atoms with Gasteiger partial charge in [0.2, 0.25) is 5.91 Å². The van der Waals surface area contributed by atoms with Crippen molar-refractivity contribution < 1.29 is 14.3 Å². The van der Waals surface area contributed by atoms with Gasteiger partial charge >= 0.3 is 0 Å². The summed E-state index contributed by atoms with van der Waals surface area (Å²) in [4.78, 5) is 28.8. The number of hydrogen-bond donors (Lipinski definition) is 1. The lowest BCUT2D eigenvalue weighted by Gasteiger charge is -2.33. The number of carbonyl (C=O) groups is 2. The molecule has 6 heteroatoms. The molecule has 29 heavy (non-hydrogen) atoms. The summed E-state index contributed by atoms with van der Waals surface area (Å²) in [6.45, 7) is 2.51. The summed E-state index contributed by atoms with van der Waals surface area (Å²) < 4.78 is 5.37. The molecule has 0 bridgehead atoms. The molecular formula is C23H29N3O3. The molecule has 1 fully saturated rings. The lowest BCUT2D eigenvalue weighted by molar-refractivity contribution is -0.132. The van der Waals surface area contributed by atoms with Gasteiger partial charge < -0.3 is 15.0 Å². The van der Waals surface area contributed by atoms with E-state index >= 15 is 0 Å². The summed E-state index contributed by atoms with van der Waals surface area (Å²) in [6.07, 6.45) is 1.70. The molecule has 0 spiro atoms. The third kappa shape index (κ3) is 5.81. The normalized spacial score (nSPS) is 15.0. The first-order chi connectivity index (χ1) is 14.1. The monoisotopic (exact) mass is 395 g/mol. The van der Waals surface area contributed by atoms with Crippen molar-refractivity contribution in [3.63, 3.8) is 0 Å². The second-order valence-corrected chi connectivity index (χ2v) is 7.45. The number of ether oxygens (including phenoxy) is 1. The van der Waals surface area contributed by atoms with E-state index in [1.807, 2.05) is 61.6 Å². The number of para-hydroxylation sites is 1. The molecule has 2 aromatic carbocycles. The predicted molar refractivity (Wildman–Crippen MR) is 113 cm³/mol. The van der Waals surface area contributed by atoms with Crippen LogP contribution in [-0.4, -0.2) is 61.4 Å². The summed E-state index contributed by atoms with van der Waals surface area (Å²) in [6, 6.07) is 17.2. The fourth-order valence-electron chi connectivity index (χ4n) is 3.58. The van der Waals surface area contributed by atoms with Crippen molar-refractivity contribution >= 4 is 11.8 Å². The lowest BCUT2D eigenvalue weighted by Crippen LogP contribution is -2.47. The number of nitrogens with zero attached hydrogens (tertiary/aromatic N) is 2. The first kappa shape index (κ1) is 20.9. The number of methoxy groups -OCH3 is 1. The van der Waals surface area contributed by atoms with Gasteiger partial charge in [0.1, 0.15) is 5.75 Å². The number of benzene rings is 2. The molecule has 154 valence electrons. The minimum atomic E-state index is -0.0309. The molecule has 2 aromatic rings. The Morgan fingerprint density at radius 1 is 1.07 bits per heavy atom. The maximum atomic E-state index is 12.6. The van der Waals surface area contributed by atoms with Crippen molar-refractivity contribution in [2.24, 2.45) is 0 Å². The Kier molecular flexibility index (Phi) is 7.25. The molecule has 0 atom stereocenters. The number of likely N-dealkylation sites (N-methyl/N-ethyl adjacent to an activating group) is 1. The van der Waals surface area contributed by atoms with Gasteiger partial charge in [-0.05, 0) is 31.0 Å². The van der Waals surface area contributed by atoms with Gasteiger partial charge in [-0.3, -0.25) is 14.5 Å². The van der Waals surface area contributed by atoms with E-state index in [4.69, 9.17) is 4.74 Å². The smallest absolute Gasteiger partial charge is 0.251 e. The summed E-state index contributed by atoms with van der Waals surface area (Å²) in [5.74, 6) is 0.849. The average Bonchev–Trinajstić information content (AvgIpc) is 2.76. The lowest BCUT2D eigenvalue weighted by atomic mass is 10.0. The zero-order valence-corrected chi connectivity index (χ0v) is 17.1. The first-order valence-electron chi connectivity index (χ1n) is 10.0. The molecule has 0 aromatic heterocycles. The molecule has 0 radical (unpaired) electrons. The molecule has 1 heterocycles. The molecule has 1 aliphatic heterocycles. The summed E-state index contributed by atoms with van der Waals surface area (Å²) in [5.41, 5.74) is 1.68. The summed E-state index contributed by atoms with van der Waals surface area (Å²) in [7, 11) is 3.46. The molecule has 0 unspecified atom stereocenters. The van der Waals surface area contributed by atoms with E-state index in [1.165, 1.54) is 0 Å². The van der Waals surface area contributed by atoms with E-state index < -0.39 is 0 Å². The van der Waals surface area contributed by atoms with Gasteiger partial charge in [-0.1, -0.05) is 36.4 Å². The SMILES string of the molecule is COc1ccccc1CN(C)C(=O)CN1CCC(NC(=O)c2ccccc2)CC1. The predicted octanol–water partition coefficient (Wildman–Crippen LogP) is 2.55. The van der Waals surface area contributed by atoms with Crippen molar-refractivity contribution in [2.75, 3.05) is 33.8 Å². The molecule has 2 amide bonds. The number of carbonyl (C=O) groups excluding carboxylic acids is 2. The first-order valence-corrected chi connectivity index (χ1v) is 10.0. The van der Waals surface area contributed by atoms with Gasteiger partial charge in [0.25, 0.3) is 5.91 Å². The van der Waals surface area contributed by atoms with Crippen LogP contribution in [0.25, 0.3) is 0 Å². The Balaban J connectivity index is 1.44. The highest BCUT2D eigenvalue weighted by Gasteiger charge is 2.23. The minimum absolute atomic E-state index is 0.0309. The van der Waals surface area contributed by atoms with Gasteiger partial charge in [0.05, 0.1) is 13.7 Å². The van der Waals surface area contributed by atoms with Gasteiger partial charge in [-0.2, -0.15) is 0 Å². The van der Waals surface area contributed by atoms with Crippen LogP contribution in [0.3, 0.4) is 0 Å². The number of piperidine rings is 1. The topological polar surface area (TPSA) is 61.9 Å². The number of nitrogens with one attached hydrogen (secondary N) is 1. The largest absolute Gasteiger partial charge is 0.496 e. The fourth-order valence-corrected chi connectivity index (χ4v) is 3.58. The molecule has 3 rings (SSSR count). The Morgan fingerprint density at radius 3 is 2.41 bits per heavy atom. The van der Waals surface area contributed by atoms with Crippen LogP contribution >= 0.6 is 0 Å². The maximum absolute atomic E-state index is 12.6. The molecule has 6 nitrogen and oxygen atoms in total. The van der Waals surface area contributed by atoms with Crippen molar-refractivity contribution in [3.8, 4) is 5.75 Å². The Morgan fingerprint density at radius 2 is 1.72 bits per heavy atom. The minimum Gasteiger partial charge on any atom is -0.496 e. The zero-order chi connectivity index (χ0) is 20.6. The highest BCUT2D eigenvalue weighted by Crippen LogP contribution is 2.19. The van der Waals surface area contributed by atoms with Crippen LogP contribution in [0, 0.1) is 0 Å². The van der Waals surface area contributed by atoms with Crippen molar-refractivity contribution in [1.82, 2.24) is 15.1 Å². The number of likely N-dealkylation sites (tertiary alicyclic amines) is 1. The zero-order valence-electron chi connectivity index (χ0n) is 17.1. The molecule has 0 saturated carbocycles. The van der Waals surface area contributed by atoms with E-state index in [0.29, 0.717) is 18.7 Å². The third-order valence-corrected chi connectivity index (χ3v) is 5.34. The average molecular weight is 396 g/mol. The van der Waals surface area contributed by atoms with Gasteiger partial charge in [-0.25, -0.2) is 0 Å². The maximum Gasteiger partial charge on any atom is 0.251 e. The molecule has 1 aliphatic rings. The van der Waals surface area contributed by atoms with Crippen molar-refractivity contribution in [2.45, 2.75) is 25.4 Å². The van der Waals surface area contributed by atoms with Gasteiger partial charge in [0.15, 0.2) is 0 Å². The van der Waals surface area contributed by atoms with Gasteiger partial charge in [-0.15, -0.1) is 0 Å². The van der Waals surface area contributed by atoms with Crippen LogP contribution in [0.15, 0.2) is 54.6 Å². The summed E-state index contributed by atoms with van der Waals surface area (Å²) in [5, 5.41) is 3.10. The second kappa shape index (κ2) is 10.1. The van der Waals surface area contributed by atoms with Crippen LogP contribution < -0.4 is 10.1 Å². The number of hydrogen-bond acceptors (Lipinski definition) is 4. The second-order valence-electron chi connectivity index (χ2n) is 7.45. The van der Waals surface area contributed by atoms with Crippen LogP contribution in [0.2, 0.25) is 0 Å². The Hall–Kier alpha value is -2.86. The molecule has 1 saturated heterocycles. The standard InChI is InChI=1S/C23H29N3O3/c1-25(16-19-10-6-7-11-21(19)29-2)22(27)17-26-14-12-20(13-15-26)24-23(28)18-8-4-3-5-9-18/h3-11,20H,12-17H2,1-2H3,(H,24,28). The van der Waals surface area contributed by atoms with Crippen molar-refractivity contribution in [3.05, 3.63) is 65.7 Å². The molecular weight excluding hydrogens is 366 g/mol. The molecule has 0 aliphatic carbocycles. The molecule has 1 N–H and O–H groups in total. The van der Waals surface area contributed by atoms with E-state index in [9.17, 15) is 9.59 Å². The Bertz CT molecular complexity index is 817. The fraction of sp³-hybridized carbons (Fsp3) is 0.391. The highest BCUT2D eigenvalue weighted by molar-refractivity contribution is 5.94. The van der Waals surface area contributed by atoms with Crippen LogP contribution in [0.4, 0.5) is 0 Å². The third-order valence-electron chi connectivity index (χ3n) is 5.34. The van der Waals surface area contributed by atoms with E-state index in [2.05, 4.69) is 10.2 Å². The number of amides is 2. The Labute approximate surface area is 172 Å². The van der Waals surface area contributed by atoms with E-state index in [0.717, 1.165) is 37.2 Å². The van der Waals surface area contributed by atoms with Crippen LogP contribution in [0.5, 0.6) is 5.75 Å².